The lowest BCUT2D eigenvalue weighted by Crippen LogP contribution is -2.12. The van der Waals surface area contributed by atoms with Gasteiger partial charge in [-0.15, -0.1) is 11.3 Å². The highest BCUT2D eigenvalue weighted by Gasteiger charge is 2.19. The van der Waals surface area contributed by atoms with Gasteiger partial charge in [0.15, 0.2) is 0 Å². The number of phenolic OH excluding ortho intramolecular Hbond substituents is 1. The molecule has 0 amide bonds. The van der Waals surface area contributed by atoms with Crippen molar-refractivity contribution < 1.29 is 13.5 Å². The molecule has 1 aromatic carbocycles. The van der Waals surface area contributed by atoms with E-state index in [4.69, 9.17) is 11.6 Å². The van der Waals surface area contributed by atoms with Gasteiger partial charge in [0.25, 0.3) is 10.0 Å². The largest absolute Gasteiger partial charge is 0.508 e. The Morgan fingerprint density at radius 3 is 2.58 bits per heavy atom. The Balaban J connectivity index is 2.36. The summed E-state index contributed by atoms with van der Waals surface area (Å²) in [6, 6.07) is 5.79. The number of rotatable bonds is 3. The van der Waals surface area contributed by atoms with Gasteiger partial charge >= 0.3 is 0 Å². The van der Waals surface area contributed by atoms with Crippen LogP contribution in [-0.2, 0) is 10.0 Å². The van der Waals surface area contributed by atoms with Crippen molar-refractivity contribution in [2.75, 3.05) is 4.72 Å². The highest BCUT2D eigenvalue weighted by atomic mass is 79.9. The molecule has 0 atom stereocenters. The second-order valence-electron chi connectivity index (χ2n) is 3.79. The maximum Gasteiger partial charge on any atom is 0.271 e. The molecular weight excluding hydrogens is 374 g/mol. The van der Waals surface area contributed by atoms with E-state index in [9.17, 15) is 13.5 Å². The number of hydrogen-bond donors (Lipinski definition) is 2. The van der Waals surface area contributed by atoms with Gasteiger partial charge in [-0.1, -0.05) is 11.6 Å². The molecule has 4 nitrogen and oxygen atoms in total. The van der Waals surface area contributed by atoms with Crippen LogP contribution in [-0.4, -0.2) is 13.5 Å². The number of hydrogen-bond acceptors (Lipinski definition) is 4. The van der Waals surface area contributed by atoms with E-state index in [2.05, 4.69) is 20.7 Å². The first-order valence-corrected chi connectivity index (χ1v) is 8.54. The summed E-state index contributed by atoms with van der Waals surface area (Å²) in [5.74, 6) is 0.0855. The summed E-state index contributed by atoms with van der Waals surface area (Å²) in [5, 5.41) is 9.65. The van der Waals surface area contributed by atoms with Crippen LogP contribution in [0.25, 0.3) is 0 Å². The van der Waals surface area contributed by atoms with Crippen molar-refractivity contribution in [1.29, 1.82) is 0 Å². The lowest BCUT2D eigenvalue weighted by atomic mass is 10.2. The van der Waals surface area contributed by atoms with Crippen LogP contribution in [0.15, 0.2) is 32.3 Å². The fourth-order valence-electron chi connectivity index (χ4n) is 1.42. The predicted molar refractivity (Wildman–Crippen MR) is 80.7 cm³/mol. The summed E-state index contributed by atoms with van der Waals surface area (Å²) in [6.45, 7) is 1.70. The summed E-state index contributed by atoms with van der Waals surface area (Å²) in [4.78, 5) is 0. The lowest BCUT2D eigenvalue weighted by Gasteiger charge is -2.09. The maximum atomic E-state index is 12.2. The van der Waals surface area contributed by atoms with Gasteiger partial charge in [-0.25, -0.2) is 8.42 Å². The minimum atomic E-state index is -3.68. The zero-order valence-electron chi connectivity index (χ0n) is 9.65. The average molecular weight is 383 g/mol. The fourth-order valence-corrected chi connectivity index (χ4v) is 4.95. The molecule has 1 aromatic heterocycles. The molecule has 2 rings (SSSR count). The second kappa shape index (κ2) is 5.32. The summed E-state index contributed by atoms with van der Waals surface area (Å²) in [7, 11) is -3.68. The van der Waals surface area contributed by atoms with E-state index < -0.39 is 10.0 Å². The molecule has 0 radical (unpaired) electrons. The highest BCUT2D eigenvalue weighted by Crippen LogP contribution is 2.35. The van der Waals surface area contributed by atoms with E-state index in [1.165, 1.54) is 24.3 Å². The third kappa shape index (κ3) is 3.22. The number of aryl methyl sites for hydroxylation is 1. The van der Waals surface area contributed by atoms with Crippen LogP contribution in [0, 0.1) is 6.92 Å². The molecule has 0 aliphatic carbocycles. The third-order valence-electron chi connectivity index (χ3n) is 2.34. The molecule has 0 unspecified atom stereocenters. The fraction of sp³-hybridized carbons (Fsp3) is 0.0909. The van der Waals surface area contributed by atoms with Crippen molar-refractivity contribution >= 4 is 54.6 Å². The highest BCUT2D eigenvalue weighted by molar-refractivity contribution is 9.11. The van der Waals surface area contributed by atoms with Crippen molar-refractivity contribution in [2.45, 2.75) is 11.1 Å². The number of sulfonamides is 1. The first kappa shape index (κ1) is 14.6. The van der Waals surface area contributed by atoms with Crippen LogP contribution in [0.2, 0.25) is 5.02 Å². The van der Waals surface area contributed by atoms with Crippen LogP contribution in [0.5, 0.6) is 5.75 Å². The van der Waals surface area contributed by atoms with Crippen molar-refractivity contribution in [2.24, 2.45) is 0 Å². The normalized spacial score (nSPS) is 11.5. The average Bonchev–Trinajstić information content (AvgIpc) is 2.64. The molecular formula is C11H9BrClNO3S2. The van der Waals surface area contributed by atoms with Crippen LogP contribution in [0.3, 0.4) is 0 Å². The molecule has 8 heteroatoms. The van der Waals surface area contributed by atoms with Gasteiger partial charge in [0.05, 0.1) is 14.5 Å². The summed E-state index contributed by atoms with van der Waals surface area (Å²) in [6.07, 6.45) is 0. The number of thiophene rings is 1. The number of anilines is 1. The van der Waals surface area contributed by atoms with E-state index in [0.29, 0.717) is 20.1 Å². The molecule has 0 saturated carbocycles. The Morgan fingerprint density at radius 2 is 2.05 bits per heavy atom. The summed E-state index contributed by atoms with van der Waals surface area (Å²) in [5.41, 5.74) is 1.05. The first-order chi connectivity index (χ1) is 8.79. The first-order valence-electron chi connectivity index (χ1n) is 5.07. The van der Waals surface area contributed by atoms with Gasteiger partial charge in [0.1, 0.15) is 9.96 Å². The smallest absolute Gasteiger partial charge is 0.271 e. The molecule has 2 aromatic rings. The SMILES string of the molecule is Cc1cc(O)ccc1NS(=O)(=O)c1cc(Cl)c(Br)s1. The van der Waals surface area contributed by atoms with Crippen molar-refractivity contribution in [3.05, 3.63) is 38.6 Å². The van der Waals surface area contributed by atoms with E-state index in [0.717, 1.165) is 11.3 Å². The Morgan fingerprint density at radius 1 is 1.37 bits per heavy atom. The van der Waals surface area contributed by atoms with Crippen LogP contribution in [0.4, 0.5) is 5.69 Å². The number of benzene rings is 1. The molecule has 0 bridgehead atoms. The van der Waals surface area contributed by atoms with Gasteiger partial charge in [0.2, 0.25) is 0 Å². The zero-order valence-corrected chi connectivity index (χ0v) is 13.6. The van der Waals surface area contributed by atoms with Crippen LogP contribution < -0.4 is 4.72 Å². The van der Waals surface area contributed by atoms with Crippen molar-refractivity contribution in [3.63, 3.8) is 0 Å². The topological polar surface area (TPSA) is 66.4 Å². The number of nitrogens with one attached hydrogen (secondary N) is 1. The standard InChI is InChI=1S/C11H9BrClNO3S2/c1-6-4-7(15)2-3-9(6)14-19(16,17)10-5-8(13)11(12)18-10/h2-5,14-15H,1H3. The van der Waals surface area contributed by atoms with Gasteiger partial charge < -0.3 is 5.11 Å². The van der Waals surface area contributed by atoms with Gasteiger partial charge in [-0.2, -0.15) is 0 Å². The number of aromatic hydroxyl groups is 1. The number of halogens is 2. The summed E-state index contributed by atoms with van der Waals surface area (Å²) < 4.78 is 27.5. The zero-order chi connectivity index (χ0) is 14.2. The lowest BCUT2D eigenvalue weighted by molar-refractivity contribution is 0.475. The van der Waals surface area contributed by atoms with Gasteiger partial charge in [-0.05, 0) is 52.7 Å². The molecule has 0 spiro atoms. The van der Waals surface area contributed by atoms with E-state index >= 15 is 0 Å². The minimum Gasteiger partial charge on any atom is -0.508 e. The number of phenols is 1. The summed E-state index contributed by atoms with van der Waals surface area (Å²) >= 11 is 10.0. The third-order valence-corrected chi connectivity index (χ3v) is 6.66. The van der Waals surface area contributed by atoms with Crippen molar-refractivity contribution in [3.8, 4) is 5.75 Å². The second-order valence-corrected chi connectivity index (χ2v) is 8.48. The molecule has 102 valence electrons. The van der Waals surface area contributed by atoms with E-state index in [1.54, 1.807) is 6.92 Å². The van der Waals surface area contributed by atoms with Gasteiger partial charge in [-0.3, -0.25) is 4.72 Å². The predicted octanol–water partition coefficient (Wildman–Crippen LogP) is 3.98. The molecule has 0 aliphatic rings. The molecule has 0 aliphatic heterocycles. The minimum absolute atomic E-state index is 0.0855. The van der Waals surface area contributed by atoms with E-state index in [-0.39, 0.29) is 9.96 Å². The Bertz CT molecular complexity index is 708. The Hall–Kier alpha value is -0.760. The molecule has 0 saturated heterocycles. The molecule has 19 heavy (non-hydrogen) atoms. The maximum absolute atomic E-state index is 12.2. The quantitative estimate of drug-likeness (QED) is 0.789. The van der Waals surface area contributed by atoms with Crippen molar-refractivity contribution in [1.82, 2.24) is 0 Å². The molecule has 0 fully saturated rings. The van der Waals surface area contributed by atoms with Gasteiger partial charge in [0, 0.05) is 0 Å². The Labute approximate surface area is 128 Å². The molecule has 2 N–H and O–H groups in total. The van der Waals surface area contributed by atoms with Crippen LogP contribution >= 0.6 is 38.9 Å². The van der Waals surface area contributed by atoms with E-state index in [1.807, 2.05) is 0 Å². The molecule has 1 heterocycles. The Kier molecular flexibility index (Phi) is 4.10. The monoisotopic (exact) mass is 381 g/mol. The van der Waals surface area contributed by atoms with Crippen LogP contribution in [0.1, 0.15) is 5.56 Å².